The molecule has 0 spiro atoms. The number of hydrogen-bond acceptors (Lipinski definition) is 4. The quantitative estimate of drug-likeness (QED) is 0.887. The minimum atomic E-state index is -4.55. The van der Waals surface area contributed by atoms with Crippen LogP contribution in [0.2, 0.25) is 5.02 Å². The predicted molar refractivity (Wildman–Crippen MR) is 64.3 cm³/mol. The molecule has 0 saturated carbocycles. The first-order valence-corrected chi connectivity index (χ1v) is 5.66. The average molecular weight is 300 g/mol. The van der Waals surface area contributed by atoms with Crippen molar-refractivity contribution < 1.29 is 18.3 Å². The summed E-state index contributed by atoms with van der Waals surface area (Å²) in [4.78, 5) is 11.6. The van der Waals surface area contributed by atoms with Gasteiger partial charge in [0.1, 0.15) is 11.6 Å². The first-order valence-electron chi connectivity index (χ1n) is 5.28. The van der Waals surface area contributed by atoms with Gasteiger partial charge in [0.25, 0.3) is 5.56 Å². The number of anilines is 1. The van der Waals surface area contributed by atoms with Crippen LogP contribution in [0.4, 0.5) is 18.9 Å². The summed E-state index contributed by atoms with van der Waals surface area (Å²) in [6.45, 7) is 1.60. The lowest BCUT2D eigenvalue weighted by Gasteiger charge is -2.19. The Bertz CT molecular complexity index is 508. The molecule has 0 amide bonds. The molecule has 0 radical (unpaired) electrons. The Balaban J connectivity index is 2.95. The first kappa shape index (κ1) is 15.8. The van der Waals surface area contributed by atoms with Crippen molar-refractivity contribution in [1.82, 2.24) is 9.78 Å². The highest BCUT2D eigenvalue weighted by Crippen LogP contribution is 2.19. The second kappa shape index (κ2) is 5.38. The highest BCUT2D eigenvalue weighted by Gasteiger charge is 2.29. The molecule has 1 heterocycles. The molecule has 0 aromatic carbocycles. The van der Waals surface area contributed by atoms with Crippen molar-refractivity contribution in [1.29, 1.82) is 0 Å². The minimum Gasteiger partial charge on any atom is -0.389 e. The van der Waals surface area contributed by atoms with Crippen LogP contribution in [0.15, 0.2) is 11.0 Å². The summed E-state index contributed by atoms with van der Waals surface area (Å²) in [6, 6.07) is 0. The predicted octanol–water partition coefficient (Wildman–Crippen LogP) is 1.64. The first-order chi connectivity index (χ1) is 8.49. The molecule has 108 valence electrons. The Kier molecular flexibility index (Phi) is 4.46. The van der Waals surface area contributed by atoms with Crippen LogP contribution in [-0.2, 0) is 6.54 Å². The molecule has 19 heavy (non-hydrogen) atoms. The van der Waals surface area contributed by atoms with Crippen molar-refractivity contribution in [3.8, 4) is 0 Å². The molecule has 0 saturated heterocycles. The molecule has 0 unspecified atom stereocenters. The number of nitrogens with one attached hydrogen (secondary N) is 1. The smallest absolute Gasteiger partial charge is 0.389 e. The van der Waals surface area contributed by atoms with Crippen molar-refractivity contribution in [3.63, 3.8) is 0 Å². The van der Waals surface area contributed by atoms with Gasteiger partial charge in [-0.2, -0.15) is 18.3 Å². The second-order valence-electron chi connectivity index (χ2n) is 4.62. The molecule has 0 aliphatic heterocycles. The van der Waals surface area contributed by atoms with E-state index in [0.29, 0.717) is 0 Å². The summed E-state index contributed by atoms with van der Waals surface area (Å²) in [5.41, 5.74) is -2.03. The van der Waals surface area contributed by atoms with Crippen LogP contribution in [0.25, 0.3) is 0 Å². The van der Waals surface area contributed by atoms with E-state index in [0.717, 1.165) is 6.20 Å². The number of rotatable bonds is 4. The van der Waals surface area contributed by atoms with Crippen molar-refractivity contribution in [2.45, 2.75) is 32.2 Å². The third-order valence-electron chi connectivity index (χ3n) is 2.03. The van der Waals surface area contributed by atoms with Gasteiger partial charge in [-0.25, -0.2) is 4.68 Å². The van der Waals surface area contributed by atoms with Crippen LogP contribution in [0.3, 0.4) is 0 Å². The normalized spacial score (nSPS) is 12.6. The maximum absolute atomic E-state index is 12.2. The largest absolute Gasteiger partial charge is 0.408 e. The second-order valence-corrected chi connectivity index (χ2v) is 4.99. The van der Waals surface area contributed by atoms with Gasteiger partial charge in [0.15, 0.2) is 0 Å². The lowest BCUT2D eigenvalue weighted by Crippen LogP contribution is -2.33. The molecule has 0 atom stereocenters. The van der Waals surface area contributed by atoms with Crippen molar-refractivity contribution in [2.24, 2.45) is 0 Å². The Morgan fingerprint density at radius 2 is 2.05 bits per heavy atom. The molecule has 1 aromatic rings. The highest BCUT2D eigenvalue weighted by molar-refractivity contribution is 6.32. The summed E-state index contributed by atoms with van der Waals surface area (Å²) in [5, 5.41) is 15.1. The molecule has 1 aromatic heterocycles. The molecular formula is C10H13ClF3N3O2. The molecule has 5 nitrogen and oxygen atoms in total. The van der Waals surface area contributed by atoms with Gasteiger partial charge in [0.2, 0.25) is 0 Å². The van der Waals surface area contributed by atoms with Crippen LogP contribution in [0.5, 0.6) is 0 Å². The van der Waals surface area contributed by atoms with Crippen LogP contribution in [0, 0.1) is 0 Å². The fraction of sp³-hybridized carbons (Fsp3) is 0.600. The zero-order valence-electron chi connectivity index (χ0n) is 10.3. The summed E-state index contributed by atoms with van der Waals surface area (Å²) in [7, 11) is 0. The van der Waals surface area contributed by atoms with E-state index >= 15 is 0 Å². The van der Waals surface area contributed by atoms with Crippen molar-refractivity contribution in [2.75, 3.05) is 11.9 Å². The molecule has 0 fully saturated rings. The number of hydrogen-bond donors (Lipinski definition) is 2. The van der Waals surface area contributed by atoms with Gasteiger partial charge in [-0.3, -0.25) is 4.79 Å². The molecular weight excluding hydrogens is 287 g/mol. The molecule has 9 heteroatoms. The van der Waals surface area contributed by atoms with E-state index in [1.54, 1.807) is 0 Å². The lowest BCUT2D eigenvalue weighted by atomic mass is 10.1. The van der Waals surface area contributed by atoms with Gasteiger partial charge < -0.3 is 10.4 Å². The molecule has 0 bridgehead atoms. The van der Waals surface area contributed by atoms with Crippen LogP contribution < -0.4 is 10.9 Å². The third kappa shape index (κ3) is 5.07. The fourth-order valence-corrected chi connectivity index (χ4v) is 1.40. The van der Waals surface area contributed by atoms with Crippen LogP contribution >= 0.6 is 11.6 Å². The third-order valence-corrected chi connectivity index (χ3v) is 2.39. The Morgan fingerprint density at radius 3 is 2.53 bits per heavy atom. The van der Waals surface area contributed by atoms with E-state index in [1.165, 1.54) is 13.8 Å². The fourth-order valence-electron chi connectivity index (χ4n) is 1.18. The maximum atomic E-state index is 12.2. The van der Waals surface area contributed by atoms with E-state index in [4.69, 9.17) is 11.6 Å². The van der Waals surface area contributed by atoms with E-state index in [1.807, 2.05) is 0 Å². The van der Waals surface area contributed by atoms with E-state index < -0.39 is 28.9 Å². The Labute approximate surface area is 112 Å². The van der Waals surface area contributed by atoms with E-state index in [2.05, 4.69) is 10.4 Å². The zero-order valence-corrected chi connectivity index (χ0v) is 11.0. The summed E-state index contributed by atoms with van der Waals surface area (Å²) < 4.78 is 36.7. The summed E-state index contributed by atoms with van der Waals surface area (Å²) in [5.74, 6) is 0. The average Bonchev–Trinajstić information content (AvgIpc) is 2.21. The van der Waals surface area contributed by atoms with Gasteiger partial charge in [0, 0.05) is 6.54 Å². The number of aliphatic hydroxyl groups is 1. The van der Waals surface area contributed by atoms with E-state index in [-0.39, 0.29) is 16.9 Å². The van der Waals surface area contributed by atoms with Crippen LogP contribution in [-0.4, -0.2) is 33.2 Å². The number of alkyl halides is 3. The highest BCUT2D eigenvalue weighted by atomic mass is 35.5. The molecule has 0 aliphatic carbocycles. The Hall–Kier alpha value is -1.28. The SMILES string of the molecule is CC(C)(O)CNc1cnn(CC(F)(F)F)c(=O)c1Cl. The lowest BCUT2D eigenvalue weighted by molar-refractivity contribution is -0.143. The van der Waals surface area contributed by atoms with Gasteiger partial charge in [-0.15, -0.1) is 0 Å². The zero-order chi connectivity index (χ0) is 14.8. The number of aromatic nitrogens is 2. The monoisotopic (exact) mass is 299 g/mol. The van der Waals surface area contributed by atoms with Gasteiger partial charge in [-0.05, 0) is 13.8 Å². The van der Waals surface area contributed by atoms with Crippen LogP contribution in [0.1, 0.15) is 13.8 Å². The van der Waals surface area contributed by atoms with Gasteiger partial charge >= 0.3 is 6.18 Å². The van der Waals surface area contributed by atoms with Gasteiger partial charge in [-0.1, -0.05) is 11.6 Å². The summed E-state index contributed by atoms with van der Waals surface area (Å²) in [6.07, 6.45) is -3.54. The molecule has 0 aliphatic rings. The molecule has 1 rings (SSSR count). The number of halogens is 4. The van der Waals surface area contributed by atoms with Crippen molar-refractivity contribution in [3.05, 3.63) is 21.6 Å². The minimum absolute atomic E-state index is 0.0666. The standard InChI is InChI=1S/C10H13ClF3N3O2/c1-9(2,19)4-15-6-3-16-17(5-10(12,13)14)8(18)7(6)11/h3,15,19H,4-5H2,1-2H3. The number of nitrogens with zero attached hydrogens (tertiary/aromatic N) is 2. The van der Waals surface area contributed by atoms with Crippen molar-refractivity contribution >= 4 is 17.3 Å². The summed E-state index contributed by atoms with van der Waals surface area (Å²) >= 11 is 5.67. The van der Waals surface area contributed by atoms with E-state index in [9.17, 15) is 23.1 Å². The maximum Gasteiger partial charge on any atom is 0.408 e. The Morgan fingerprint density at radius 1 is 1.47 bits per heavy atom. The molecule has 2 N–H and O–H groups in total. The van der Waals surface area contributed by atoms with Gasteiger partial charge in [0.05, 0.1) is 17.5 Å². The topological polar surface area (TPSA) is 67.2 Å².